The lowest BCUT2D eigenvalue weighted by atomic mass is 9.92. The number of hydrogen-bond acceptors (Lipinski definition) is 15. The number of aliphatic hydroxyl groups excluding tert-OH is 2. The average molecular weight is 897 g/mol. The van der Waals surface area contributed by atoms with Gasteiger partial charge in [0.25, 0.3) is 0 Å². The van der Waals surface area contributed by atoms with Gasteiger partial charge in [0.1, 0.15) is 30.2 Å². The summed E-state index contributed by atoms with van der Waals surface area (Å²) in [5.74, 6) is -0.319. The van der Waals surface area contributed by atoms with Crippen LogP contribution in [0.5, 0.6) is 0 Å². The second-order valence-corrected chi connectivity index (χ2v) is 19.5. The Kier molecular flexibility index (Phi) is 21.6. The molecule has 344 valence electrons. The summed E-state index contributed by atoms with van der Waals surface area (Å²) < 4.78 is 67.2. The molecular weight excluding hydrogens is 828 g/mol. The molecule has 3 aromatic heterocycles. The number of anilines is 1. The zero-order valence-electron chi connectivity index (χ0n) is 36.2. The van der Waals surface area contributed by atoms with Crippen LogP contribution >= 0.6 is 7.82 Å². The predicted octanol–water partition coefficient (Wildman–Crippen LogP) is 6.37. The summed E-state index contributed by atoms with van der Waals surface area (Å²) in [5, 5.41) is 26.5. The fraction of sp³-hybridized carbons (Fsp3) is 0.714. The van der Waals surface area contributed by atoms with E-state index in [9.17, 15) is 28.1 Å². The molecular formula is C42H69N6O11PS. The first-order valence-electron chi connectivity index (χ1n) is 21.8. The highest BCUT2D eigenvalue weighted by Gasteiger charge is 2.56. The SMILES string of the molecule is CCCCCCCCCCCCCCCCCCOC[C@@H](COCc1cncc(S(C)(=O)=O)c1)COP(=O)(O)OC[C@H]1O[C@@](C=NC)(c2ccc3c(N)ncnn23)[C@H](O)[C@@H]1O. The van der Waals surface area contributed by atoms with E-state index in [0.29, 0.717) is 23.4 Å². The van der Waals surface area contributed by atoms with E-state index in [4.69, 9.17) is 29.0 Å². The summed E-state index contributed by atoms with van der Waals surface area (Å²) in [7, 11) is -6.73. The Labute approximate surface area is 361 Å². The number of aliphatic hydroxyl groups is 2. The molecule has 4 heterocycles. The van der Waals surface area contributed by atoms with Crippen LogP contribution in [0, 0.1) is 5.92 Å². The van der Waals surface area contributed by atoms with E-state index in [2.05, 4.69) is 27.0 Å². The monoisotopic (exact) mass is 896 g/mol. The van der Waals surface area contributed by atoms with Crippen molar-refractivity contribution in [3.8, 4) is 0 Å². The molecule has 3 aromatic rings. The smallest absolute Gasteiger partial charge is 0.387 e. The molecule has 19 heteroatoms. The van der Waals surface area contributed by atoms with Crippen molar-refractivity contribution in [3.63, 3.8) is 0 Å². The van der Waals surface area contributed by atoms with Gasteiger partial charge in [0.2, 0.25) is 0 Å². The van der Waals surface area contributed by atoms with E-state index in [1.54, 1.807) is 12.1 Å². The Morgan fingerprint density at radius 2 is 1.56 bits per heavy atom. The van der Waals surface area contributed by atoms with Gasteiger partial charge in [-0.15, -0.1) is 0 Å². The van der Waals surface area contributed by atoms with Gasteiger partial charge in [-0.2, -0.15) is 5.10 Å². The second-order valence-electron chi connectivity index (χ2n) is 16.1. The molecule has 5 N–H and O–H groups in total. The minimum Gasteiger partial charge on any atom is -0.387 e. The van der Waals surface area contributed by atoms with Crippen LogP contribution in [0.15, 0.2) is 46.8 Å². The van der Waals surface area contributed by atoms with E-state index in [1.165, 1.54) is 126 Å². The first-order valence-corrected chi connectivity index (χ1v) is 25.2. The Bertz CT molecular complexity index is 1920. The maximum absolute atomic E-state index is 13.2. The third-order valence-corrected chi connectivity index (χ3v) is 12.9. The molecule has 1 unspecified atom stereocenters. The van der Waals surface area contributed by atoms with Crippen LogP contribution in [0.2, 0.25) is 0 Å². The minimum absolute atomic E-state index is 0.0386. The van der Waals surface area contributed by atoms with Crippen LogP contribution < -0.4 is 5.73 Å². The molecule has 17 nitrogen and oxygen atoms in total. The number of fused-ring (bicyclic) bond motifs is 1. The highest BCUT2D eigenvalue weighted by Crippen LogP contribution is 2.46. The fourth-order valence-electron chi connectivity index (χ4n) is 7.44. The molecule has 0 bridgehead atoms. The Balaban J connectivity index is 1.22. The molecule has 0 aromatic carbocycles. The van der Waals surface area contributed by atoms with Crippen molar-refractivity contribution in [3.05, 3.63) is 48.2 Å². The van der Waals surface area contributed by atoms with E-state index in [-0.39, 0.29) is 37.1 Å². The third kappa shape index (κ3) is 16.3. The molecule has 4 rings (SSSR count). The summed E-state index contributed by atoms with van der Waals surface area (Å²) in [4.78, 5) is 22.8. The quantitative estimate of drug-likeness (QED) is 0.0302. The molecule has 0 spiro atoms. The van der Waals surface area contributed by atoms with E-state index in [1.807, 2.05) is 0 Å². The molecule has 61 heavy (non-hydrogen) atoms. The molecule has 6 atom stereocenters. The van der Waals surface area contributed by atoms with Gasteiger partial charge in [-0.3, -0.25) is 19.0 Å². The third-order valence-electron chi connectivity index (χ3n) is 10.9. The van der Waals surface area contributed by atoms with Gasteiger partial charge >= 0.3 is 7.82 Å². The Morgan fingerprint density at radius 1 is 0.934 bits per heavy atom. The first-order chi connectivity index (χ1) is 29.3. The topological polar surface area (TPSA) is 240 Å². The van der Waals surface area contributed by atoms with Crippen molar-refractivity contribution >= 4 is 35.2 Å². The molecule has 0 amide bonds. The first kappa shape index (κ1) is 50.7. The second kappa shape index (κ2) is 26.0. The van der Waals surface area contributed by atoms with Crippen molar-refractivity contribution in [1.29, 1.82) is 0 Å². The number of pyridine rings is 1. The number of phosphoric acid groups is 1. The zero-order chi connectivity index (χ0) is 44.1. The van der Waals surface area contributed by atoms with Gasteiger partial charge in [0.15, 0.2) is 21.3 Å². The van der Waals surface area contributed by atoms with Gasteiger partial charge in [-0.05, 0) is 30.2 Å². The van der Waals surface area contributed by atoms with E-state index >= 15 is 0 Å². The van der Waals surface area contributed by atoms with Crippen LogP contribution in [-0.2, 0) is 49.9 Å². The van der Waals surface area contributed by atoms with Crippen molar-refractivity contribution in [1.82, 2.24) is 19.6 Å². The number of sulfone groups is 1. The molecule has 1 fully saturated rings. The summed E-state index contributed by atoms with van der Waals surface area (Å²) in [6, 6.07) is 4.72. The van der Waals surface area contributed by atoms with E-state index < -0.39 is 54.1 Å². The number of aromatic nitrogens is 4. The van der Waals surface area contributed by atoms with Crippen molar-refractivity contribution in [2.24, 2.45) is 10.9 Å². The van der Waals surface area contributed by atoms with Crippen LogP contribution in [0.4, 0.5) is 5.82 Å². The van der Waals surface area contributed by atoms with Crippen LogP contribution in [0.1, 0.15) is 121 Å². The van der Waals surface area contributed by atoms with Crippen molar-refractivity contribution < 1.29 is 51.3 Å². The highest BCUT2D eigenvalue weighted by atomic mass is 32.2. The number of nitrogens with two attached hydrogens (primary N) is 1. The largest absolute Gasteiger partial charge is 0.472 e. The minimum atomic E-state index is -4.74. The normalized spacial score (nSPS) is 21.1. The number of aliphatic imine (C=N–C) groups is 1. The average Bonchev–Trinajstić information content (AvgIpc) is 3.78. The van der Waals surface area contributed by atoms with Crippen molar-refractivity contribution in [2.75, 3.05) is 52.1 Å². The molecule has 1 aliphatic heterocycles. The Morgan fingerprint density at radius 3 is 2.18 bits per heavy atom. The van der Waals surface area contributed by atoms with E-state index in [0.717, 1.165) is 25.5 Å². The number of ether oxygens (including phenoxy) is 3. The maximum Gasteiger partial charge on any atom is 0.472 e. The summed E-state index contributed by atoms with van der Waals surface area (Å²) in [6.45, 7) is 2.11. The lowest BCUT2D eigenvalue weighted by molar-refractivity contribution is -0.0550. The lowest BCUT2D eigenvalue weighted by Gasteiger charge is -2.27. The molecule has 1 saturated heterocycles. The number of phosphoric ester groups is 1. The van der Waals surface area contributed by atoms with Crippen LogP contribution in [0.3, 0.4) is 0 Å². The summed E-state index contributed by atoms with van der Waals surface area (Å²) >= 11 is 0. The number of nitrogen functional groups attached to an aromatic ring is 1. The van der Waals surface area contributed by atoms with Gasteiger partial charge in [0, 0.05) is 44.4 Å². The number of nitrogens with zero attached hydrogens (tertiary/aromatic N) is 5. The number of unbranched alkanes of at least 4 members (excludes halogenated alkanes) is 15. The maximum atomic E-state index is 13.2. The van der Waals surface area contributed by atoms with Crippen LogP contribution in [-0.4, -0.2) is 114 Å². The van der Waals surface area contributed by atoms with Crippen LogP contribution in [0.25, 0.3) is 5.52 Å². The molecule has 1 aliphatic rings. The van der Waals surface area contributed by atoms with Gasteiger partial charge in [-0.25, -0.2) is 22.5 Å². The number of hydrogen-bond donors (Lipinski definition) is 4. The summed E-state index contributed by atoms with van der Waals surface area (Å²) in [5.41, 5.74) is 5.55. The molecule has 0 radical (unpaired) electrons. The predicted molar refractivity (Wildman–Crippen MR) is 233 cm³/mol. The van der Waals surface area contributed by atoms with Gasteiger partial charge in [0.05, 0.1) is 43.6 Å². The summed E-state index contributed by atoms with van der Waals surface area (Å²) in [6.07, 6.45) is 22.3. The highest BCUT2D eigenvalue weighted by molar-refractivity contribution is 7.90. The lowest BCUT2D eigenvalue weighted by Crippen LogP contribution is -2.43. The Hall–Kier alpha value is -2.90. The standard InChI is InChI=1S/C42H69N6O11PS/c1-4-5-6-7-8-9-10-11-12-13-14-15-16-17-18-19-22-55-27-34(28-56-26-33-23-35(25-45-24-33)61(3,53)54)29-57-60(51,52)58-30-37-39(49)40(50)42(59-37,31-44-2)38-21-20-36-41(43)46-32-47-48(36)38/h20-21,23-25,31-32,34,37,39-40,49-50H,4-19,22,26-30H2,1-3H3,(H,51,52)(H2,43,46,47)/t34-,37+,39+,40+,42-/m0/s1. The van der Waals surface area contributed by atoms with Gasteiger partial charge in [-0.1, -0.05) is 103 Å². The zero-order valence-corrected chi connectivity index (χ0v) is 37.9. The molecule has 0 saturated carbocycles. The van der Waals surface area contributed by atoms with Crippen molar-refractivity contribution in [2.45, 2.75) is 145 Å². The molecule has 0 aliphatic carbocycles. The number of rotatable bonds is 32. The fourth-order valence-corrected chi connectivity index (χ4v) is 8.87. The van der Waals surface area contributed by atoms with Gasteiger partial charge < -0.3 is 35.1 Å².